The standard InChI is InChI=1S/C17H16O4.Na.H/c1-2-12-20-16(18)13-8-10-14(11-9-13)17(19)21-15-6-4-3-5-7-15;;/h3-11H,2,12H2,1H3;;. The zero-order valence-corrected chi connectivity index (χ0v) is 11.7. The molecule has 0 N–H and O–H groups in total. The van der Waals surface area contributed by atoms with Crippen molar-refractivity contribution in [3.63, 3.8) is 0 Å². The van der Waals surface area contributed by atoms with Crippen LogP contribution < -0.4 is 4.74 Å². The molecule has 0 fully saturated rings. The second-order valence-electron chi connectivity index (χ2n) is 4.42. The number of esters is 2. The van der Waals surface area contributed by atoms with Gasteiger partial charge in [0.1, 0.15) is 5.75 Å². The van der Waals surface area contributed by atoms with Gasteiger partial charge in [-0.25, -0.2) is 9.59 Å². The molecular formula is C17H17NaO4. The molecule has 0 aliphatic rings. The second-order valence-corrected chi connectivity index (χ2v) is 4.42. The first-order valence-corrected chi connectivity index (χ1v) is 6.75. The van der Waals surface area contributed by atoms with E-state index in [9.17, 15) is 9.59 Å². The van der Waals surface area contributed by atoms with Crippen LogP contribution in [0, 0.1) is 0 Å². The van der Waals surface area contributed by atoms with E-state index in [1.54, 1.807) is 48.5 Å². The van der Waals surface area contributed by atoms with Crippen LogP contribution in [0.25, 0.3) is 0 Å². The number of ether oxygens (including phenoxy) is 2. The Morgan fingerprint density at radius 1 is 0.864 bits per heavy atom. The van der Waals surface area contributed by atoms with E-state index < -0.39 is 5.97 Å². The minimum absolute atomic E-state index is 0. The molecule has 0 saturated heterocycles. The first-order valence-electron chi connectivity index (χ1n) is 6.75. The summed E-state index contributed by atoms with van der Waals surface area (Å²) in [6, 6.07) is 15.0. The molecule has 4 nitrogen and oxygen atoms in total. The maximum atomic E-state index is 11.9. The molecule has 0 saturated carbocycles. The summed E-state index contributed by atoms with van der Waals surface area (Å²) in [5, 5.41) is 0. The van der Waals surface area contributed by atoms with Gasteiger partial charge in [0, 0.05) is 0 Å². The van der Waals surface area contributed by atoms with Crippen LogP contribution in [0.1, 0.15) is 34.1 Å². The Morgan fingerprint density at radius 2 is 1.41 bits per heavy atom. The van der Waals surface area contributed by atoms with E-state index in [4.69, 9.17) is 9.47 Å². The van der Waals surface area contributed by atoms with Gasteiger partial charge in [0.25, 0.3) is 0 Å². The number of carbonyl (C=O) groups is 2. The van der Waals surface area contributed by atoms with Crippen molar-refractivity contribution in [3.8, 4) is 5.75 Å². The molecule has 0 spiro atoms. The van der Waals surface area contributed by atoms with Crippen molar-refractivity contribution < 1.29 is 19.1 Å². The summed E-state index contributed by atoms with van der Waals surface area (Å²) in [6.45, 7) is 2.31. The van der Waals surface area contributed by atoms with Crippen molar-refractivity contribution in [2.75, 3.05) is 6.61 Å². The van der Waals surface area contributed by atoms with Crippen LogP contribution in [0.15, 0.2) is 54.6 Å². The first-order chi connectivity index (χ1) is 10.2. The van der Waals surface area contributed by atoms with Crippen LogP contribution in [0.2, 0.25) is 0 Å². The molecule has 0 unspecified atom stereocenters. The third-order valence-corrected chi connectivity index (χ3v) is 2.75. The number of rotatable bonds is 5. The monoisotopic (exact) mass is 308 g/mol. The van der Waals surface area contributed by atoms with E-state index in [2.05, 4.69) is 0 Å². The average Bonchev–Trinajstić information content (AvgIpc) is 2.53. The van der Waals surface area contributed by atoms with E-state index in [1.807, 2.05) is 13.0 Å². The Balaban J connectivity index is 0.00000242. The molecule has 0 aliphatic carbocycles. The van der Waals surface area contributed by atoms with Gasteiger partial charge in [0.15, 0.2) is 0 Å². The second kappa shape index (κ2) is 9.41. The molecule has 0 aromatic heterocycles. The van der Waals surface area contributed by atoms with Gasteiger partial charge in [-0.15, -0.1) is 0 Å². The fourth-order valence-corrected chi connectivity index (χ4v) is 1.67. The van der Waals surface area contributed by atoms with Crippen molar-refractivity contribution in [2.45, 2.75) is 13.3 Å². The Labute approximate surface area is 151 Å². The summed E-state index contributed by atoms with van der Waals surface area (Å²) >= 11 is 0. The third-order valence-electron chi connectivity index (χ3n) is 2.75. The fraction of sp³-hybridized carbons (Fsp3) is 0.176. The molecule has 0 bridgehead atoms. The van der Waals surface area contributed by atoms with E-state index in [0.29, 0.717) is 23.5 Å². The summed E-state index contributed by atoms with van der Waals surface area (Å²) in [6.07, 6.45) is 0.771. The van der Waals surface area contributed by atoms with E-state index >= 15 is 0 Å². The number of hydrogen-bond donors (Lipinski definition) is 0. The first kappa shape index (κ1) is 18.4. The number of carbonyl (C=O) groups excluding carboxylic acids is 2. The summed E-state index contributed by atoms with van der Waals surface area (Å²) < 4.78 is 10.2. The van der Waals surface area contributed by atoms with Gasteiger partial charge in [-0.3, -0.25) is 0 Å². The van der Waals surface area contributed by atoms with Gasteiger partial charge in [0.2, 0.25) is 0 Å². The van der Waals surface area contributed by atoms with Gasteiger partial charge in [-0.1, -0.05) is 25.1 Å². The molecule has 0 heterocycles. The molecule has 2 aromatic carbocycles. The van der Waals surface area contributed by atoms with Crippen LogP contribution in [-0.2, 0) is 4.74 Å². The number of para-hydroxylation sites is 1. The van der Waals surface area contributed by atoms with Crippen molar-refractivity contribution in [2.24, 2.45) is 0 Å². The van der Waals surface area contributed by atoms with Crippen molar-refractivity contribution >= 4 is 41.5 Å². The molecule has 2 aromatic rings. The molecule has 0 amide bonds. The summed E-state index contributed by atoms with van der Waals surface area (Å²) in [7, 11) is 0. The summed E-state index contributed by atoms with van der Waals surface area (Å²) in [5.74, 6) is -0.372. The number of benzene rings is 2. The fourth-order valence-electron chi connectivity index (χ4n) is 1.67. The van der Waals surface area contributed by atoms with E-state index in [0.717, 1.165) is 6.42 Å². The average molecular weight is 308 g/mol. The Morgan fingerprint density at radius 3 is 1.95 bits per heavy atom. The van der Waals surface area contributed by atoms with Crippen LogP contribution in [0.5, 0.6) is 5.75 Å². The van der Waals surface area contributed by atoms with Gasteiger partial charge in [-0.05, 0) is 42.8 Å². The zero-order valence-electron chi connectivity index (χ0n) is 11.7. The minimum atomic E-state index is -0.463. The quantitative estimate of drug-likeness (QED) is 0.484. The van der Waals surface area contributed by atoms with Crippen molar-refractivity contribution in [1.29, 1.82) is 0 Å². The van der Waals surface area contributed by atoms with Crippen molar-refractivity contribution in [1.82, 2.24) is 0 Å². The van der Waals surface area contributed by atoms with E-state index in [1.165, 1.54) is 0 Å². The summed E-state index contributed by atoms with van der Waals surface area (Å²) in [5.41, 5.74) is 0.797. The molecule has 0 radical (unpaired) electrons. The molecule has 22 heavy (non-hydrogen) atoms. The normalized spacial score (nSPS) is 9.50. The van der Waals surface area contributed by atoms with Crippen LogP contribution in [0.4, 0.5) is 0 Å². The number of hydrogen-bond acceptors (Lipinski definition) is 4. The molecule has 2 rings (SSSR count). The van der Waals surface area contributed by atoms with Gasteiger partial charge in [0.05, 0.1) is 17.7 Å². The molecule has 5 heteroatoms. The van der Waals surface area contributed by atoms with Gasteiger partial charge >= 0.3 is 41.5 Å². The molecular weight excluding hydrogens is 291 g/mol. The molecule has 0 aliphatic heterocycles. The van der Waals surface area contributed by atoms with E-state index in [-0.39, 0.29) is 35.5 Å². The van der Waals surface area contributed by atoms with Gasteiger partial charge < -0.3 is 9.47 Å². The SMILES string of the molecule is CCCOC(=O)c1ccc(C(=O)Oc2ccccc2)cc1.[NaH]. The topological polar surface area (TPSA) is 52.6 Å². The molecule has 0 atom stereocenters. The Kier molecular flexibility index (Phi) is 7.88. The van der Waals surface area contributed by atoms with Crippen LogP contribution in [0.3, 0.4) is 0 Å². The molecule has 110 valence electrons. The summed E-state index contributed by atoms with van der Waals surface area (Å²) in [4.78, 5) is 23.6. The third kappa shape index (κ3) is 5.30. The zero-order chi connectivity index (χ0) is 15.1. The Bertz CT molecular complexity index is 608. The maximum absolute atomic E-state index is 11.9. The van der Waals surface area contributed by atoms with Crippen LogP contribution in [-0.4, -0.2) is 48.1 Å². The van der Waals surface area contributed by atoms with Gasteiger partial charge in [-0.2, -0.15) is 0 Å². The Hall–Kier alpha value is -1.62. The predicted molar refractivity (Wildman–Crippen MR) is 85.6 cm³/mol. The van der Waals surface area contributed by atoms with Crippen LogP contribution >= 0.6 is 0 Å². The van der Waals surface area contributed by atoms with Crippen molar-refractivity contribution in [3.05, 3.63) is 65.7 Å². The predicted octanol–water partition coefficient (Wildman–Crippen LogP) is 2.82.